The van der Waals surface area contributed by atoms with Gasteiger partial charge in [0.25, 0.3) is 0 Å². The molecule has 1 nitrogen and oxygen atoms in total. The van der Waals surface area contributed by atoms with E-state index in [1.165, 1.54) is 11.3 Å². The number of thiophene rings is 2. The van der Waals surface area contributed by atoms with Crippen LogP contribution in [0.3, 0.4) is 0 Å². The summed E-state index contributed by atoms with van der Waals surface area (Å²) < 4.78 is 2.05. The third-order valence-corrected chi connectivity index (χ3v) is 5.52. The first-order valence-corrected chi connectivity index (χ1v) is 8.02. The highest BCUT2D eigenvalue weighted by Gasteiger charge is 2.08. The summed E-state index contributed by atoms with van der Waals surface area (Å²) in [5, 5.41) is 0. The maximum Gasteiger partial charge on any atom is 0.196 e. The van der Waals surface area contributed by atoms with Crippen molar-refractivity contribution in [1.82, 2.24) is 0 Å². The molecule has 0 bridgehead atoms. The molecular weight excluding hydrogens is 384 g/mol. The number of hydrogen-bond acceptors (Lipinski definition) is 3. The van der Waals surface area contributed by atoms with Gasteiger partial charge in [0.05, 0.1) is 12.4 Å². The van der Waals surface area contributed by atoms with Gasteiger partial charge >= 0.3 is 0 Å². The molecule has 0 aliphatic heterocycles. The molecule has 0 N–H and O–H groups in total. The van der Waals surface area contributed by atoms with E-state index in [4.69, 9.17) is 0 Å². The smallest absolute Gasteiger partial charge is 0.196 e. The van der Waals surface area contributed by atoms with Gasteiger partial charge in [-0.3, -0.25) is 4.79 Å². The fourth-order valence-corrected chi connectivity index (χ4v) is 3.97. The summed E-state index contributed by atoms with van der Waals surface area (Å²) in [7, 11) is 0. The molecule has 0 aliphatic carbocycles. The first-order valence-electron chi connectivity index (χ1n) is 4.80. The topological polar surface area (TPSA) is 17.1 Å². The summed E-state index contributed by atoms with van der Waals surface area (Å²) in [5.41, 5.74) is 0.996. The van der Waals surface area contributed by atoms with Crippen LogP contribution in [0.1, 0.15) is 21.5 Å². The molecule has 0 fully saturated rings. The van der Waals surface area contributed by atoms with Crippen molar-refractivity contribution in [3.8, 4) is 0 Å². The molecule has 0 radical (unpaired) electrons. The predicted molar refractivity (Wildman–Crippen MR) is 82.0 cm³/mol. The van der Waals surface area contributed by atoms with Crippen molar-refractivity contribution in [2.75, 3.05) is 0 Å². The van der Waals surface area contributed by atoms with Crippen molar-refractivity contribution in [3.63, 3.8) is 0 Å². The first-order chi connectivity index (χ1) is 8.06. The van der Waals surface area contributed by atoms with E-state index in [9.17, 15) is 4.79 Å². The van der Waals surface area contributed by atoms with Gasteiger partial charge < -0.3 is 0 Å². The molecule has 0 aliphatic rings. The normalized spacial score (nSPS) is 11.8. The van der Waals surface area contributed by atoms with E-state index in [-0.39, 0.29) is 5.78 Å². The lowest BCUT2D eigenvalue weighted by molar-refractivity contribution is 0.105. The second-order valence-corrected chi connectivity index (χ2v) is 8.33. The van der Waals surface area contributed by atoms with E-state index >= 15 is 0 Å². The number of ketones is 1. The molecular formula is C12H8Br2OS2. The highest BCUT2D eigenvalue weighted by atomic mass is 79.9. The molecule has 2 aromatic heterocycles. The van der Waals surface area contributed by atoms with Crippen LogP contribution in [-0.4, -0.2) is 5.78 Å². The Bertz CT molecular complexity index is 581. The number of halogens is 2. The number of hydrogen-bond donors (Lipinski definition) is 0. The fraction of sp³-hybridized carbons (Fsp3) is 0.0833. The standard InChI is InChI=1S/C12H8Br2OS2/c1-7(9-2-4-11(13)16-9)6-8(15)10-3-5-12(14)17-10/h2-6H,1H3. The van der Waals surface area contributed by atoms with Gasteiger partial charge in [-0.25, -0.2) is 0 Å². The molecule has 2 heterocycles. The average Bonchev–Trinajstić information content (AvgIpc) is 2.87. The largest absolute Gasteiger partial charge is 0.288 e. The Morgan fingerprint density at radius 2 is 1.59 bits per heavy atom. The SMILES string of the molecule is CC(=CC(=O)c1ccc(Br)s1)c1ccc(Br)s1. The first kappa shape index (κ1) is 13.2. The van der Waals surface area contributed by atoms with E-state index in [0.29, 0.717) is 0 Å². The lowest BCUT2D eigenvalue weighted by Crippen LogP contribution is -1.90. The van der Waals surface area contributed by atoms with E-state index in [1.807, 2.05) is 31.2 Å². The van der Waals surface area contributed by atoms with Gasteiger partial charge in [-0.15, -0.1) is 22.7 Å². The molecule has 0 spiro atoms. The average molecular weight is 392 g/mol. The lowest BCUT2D eigenvalue weighted by atomic mass is 10.2. The Hall–Kier alpha value is -0.230. The summed E-state index contributed by atoms with van der Waals surface area (Å²) in [6.45, 7) is 1.96. The van der Waals surface area contributed by atoms with Crippen LogP contribution in [0.5, 0.6) is 0 Å². The number of rotatable bonds is 3. The van der Waals surface area contributed by atoms with Crippen LogP contribution in [0.25, 0.3) is 5.57 Å². The molecule has 17 heavy (non-hydrogen) atoms. The molecule has 0 atom stereocenters. The monoisotopic (exact) mass is 390 g/mol. The van der Waals surface area contributed by atoms with Crippen molar-refractivity contribution < 1.29 is 4.79 Å². The minimum Gasteiger partial charge on any atom is -0.288 e. The van der Waals surface area contributed by atoms with Crippen molar-refractivity contribution in [2.45, 2.75) is 6.92 Å². The number of carbonyl (C=O) groups is 1. The summed E-state index contributed by atoms with van der Waals surface area (Å²) >= 11 is 9.86. The Balaban J connectivity index is 2.22. The summed E-state index contributed by atoms with van der Waals surface area (Å²) in [6.07, 6.45) is 1.69. The van der Waals surface area contributed by atoms with Crippen LogP contribution >= 0.6 is 54.5 Å². The zero-order chi connectivity index (χ0) is 12.4. The summed E-state index contributed by atoms with van der Waals surface area (Å²) in [6, 6.07) is 7.73. The maximum absolute atomic E-state index is 12.0. The minimum absolute atomic E-state index is 0.0581. The second kappa shape index (κ2) is 5.61. The Morgan fingerprint density at radius 3 is 2.06 bits per heavy atom. The zero-order valence-corrected chi connectivity index (χ0v) is 13.7. The van der Waals surface area contributed by atoms with E-state index in [2.05, 4.69) is 31.9 Å². The van der Waals surface area contributed by atoms with Crippen molar-refractivity contribution >= 4 is 65.9 Å². The Kier molecular flexibility index (Phi) is 4.36. The molecule has 0 aromatic carbocycles. The molecule has 0 saturated heterocycles. The fourth-order valence-electron chi connectivity index (χ4n) is 1.31. The van der Waals surface area contributed by atoms with Gasteiger partial charge in [-0.1, -0.05) is 0 Å². The number of allylic oxidation sites excluding steroid dienone is 2. The molecule has 0 saturated carbocycles. The van der Waals surface area contributed by atoms with Crippen LogP contribution in [0.2, 0.25) is 0 Å². The molecule has 88 valence electrons. The van der Waals surface area contributed by atoms with Crippen LogP contribution in [0.4, 0.5) is 0 Å². The van der Waals surface area contributed by atoms with Gasteiger partial charge in [0.15, 0.2) is 5.78 Å². The predicted octanol–water partition coefficient (Wildman–Crippen LogP) is 5.62. The van der Waals surface area contributed by atoms with Gasteiger partial charge in [0, 0.05) is 4.88 Å². The zero-order valence-electron chi connectivity index (χ0n) is 8.87. The lowest BCUT2D eigenvalue weighted by Gasteiger charge is -1.95. The highest BCUT2D eigenvalue weighted by molar-refractivity contribution is 9.11. The molecule has 0 unspecified atom stereocenters. The number of carbonyl (C=O) groups excluding carboxylic acids is 1. The van der Waals surface area contributed by atoms with Gasteiger partial charge in [0.2, 0.25) is 0 Å². The maximum atomic E-state index is 12.0. The Labute approximate surface area is 124 Å². The van der Waals surface area contributed by atoms with Crippen molar-refractivity contribution in [1.29, 1.82) is 0 Å². The van der Waals surface area contributed by atoms with Crippen LogP contribution < -0.4 is 0 Å². The molecule has 0 amide bonds. The summed E-state index contributed by atoms with van der Waals surface area (Å²) in [5.74, 6) is 0.0581. The summed E-state index contributed by atoms with van der Waals surface area (Å²) in [4.78, 5) is 13.8. The van der Waals surface area contributed by atoms with Gasteiger partial charge in [-0.2, -0.15) is 0 Å². The minimum atomic E-state index is 0.0581. The van der Waals surface area contributed by atoms with Gasteiger partial charge in [-0.05, 0) is 74.7 Å². The quantitative estimate of drug-likeness (QED) is 0.490. The Morgan fingerprint density at radius 1 is 1.06 bits per heavy atom. The van der Waals surface area contributed by atoms with Crippen LogP contribution in [0.15, 0.2) is 37.9 Å². The molecule has 2 rings (SSSR count). The molecule has 2 aromatic rings. The molecule has 5 heteroatoms. The third kappa shape index (κ3) is 3.37. The van der Waals surface area contributed by atoms with E-state index < -0.39 is 0 Å². The highest BCUT2D eigenvalue weighted by Crippen LogP contribution is 2.29. The van der Waals surface area contributed by atoms with Crippen LogP contribution in [0, 0.1) is 0 Å². The van der Waals surface area contributed by atoms with Crippen LogP contribution in [-0.2, 0) is 0 Å². The van der Waals surface area contributed by atoms with E-state index in [0.717, 1.165) is 22.9 Å². The second-order valence-electron chi connectivity index (χ2n) is 3.40. The van der Waals surface area contributed by atoms with E-state index in [1.54, 1.807) is 17.4 Å². The van der Waals surface area contributed by atoms with Gasteiger partial charge in [0.1, 0.15) is 0 Å². The third-order valence-electron chi connectivity index (χ3n) is 2.13. The van der Waals surface area contributed by atoms with Crippen molar-refractivity contribution in [2.24, 2.45) is 0 Å². The van der Waals surface area contributed by atoms with Crippen molar-refractivity contribution in [3.05, 3.63) is 47.7 Å².